The van der Waals surface area contributed by atoms with Gasteiger partial charge in [0.25, 0.3) is 5.91 Å². The molecule has 0 fully saturated rings. The van der Waals surface area contributed by atoms with Crippen molar-refractivity contribution in [1.29, 1.82) is 0 Å². The summed E-state index contributed by atoms with van der Waals surface area (Å²) in [5.41, 5.74) is 2.31. The van der Waals surface area contributed by atoms with Crippen molar-refractivity contribution in [1.82, 2.24) is 19.6 Å². The van der Waals surface area contributed by atoms with E-state index in [-0.39, 0.29) is 11.9 Å². The third kappa shape index (κ3) is 3.83. The number of likely N-dealkylation sites (N-methyl/N-ethyl adjacent to an activating group) is 1. The Labute approximate surface area is 172 Å². The van der Waals surface area contributed by atoms with E-state index in [1.54, 1.807) is 11.3 Å². The summed E-state index contributed by atoms with van der Waals surface area (Å²) in [4.78, 5) is 22.4. The van der Waals surface area contributed by atoms with Crippen molar-refractivity contribution < 1.29 is 4.79 Å². The molecule has 0 aliphatic rings. The second kappa shape index (κ2) is 8.43. The molecular weight excluding hydrogens is 388 g/mol. The number of carbonyl (C=O) groups excluding carboxylic acids is 1. The van der Waals surface area contributed by atoms with Crippen LogP contribution in [-0.2, 0) is 6.42 Å². The van der Waals surface area contributed by atoms with Gasteiger partial charge in [0, 0.05) is 24.2 Å². The van der Waals surface area contributed by atoms with Crippen LogP contribution in [0, 0.1) is 0 Å². The highest BCUT2D eigenvalue weighted by molar-refractivity contribution is 7.21. The van der Waals surface area contributed by atoms with Gasteiger partial charge in [0.05, 0.1) is 10.4 Å². The molecule has 4 aromatic rings. The van der Waals surface area contributed by atoms with Gasteiger partial charge in [-0.25, -0.2) is 4.98 Å². The van der Waals surface area contributed by atoms with E-state index in [1.165, 1.54) is 16.9 Å². The lowest BCUT2D eigenvalue weighted by Crippen LogP contribution is -2.45. The molecule has 0 bridgehead atoms. The van der Waals surface area contributed by atoms with Gasteiger partial charge in [0.15, 0.2) is 4.96 Å². The molecule has 4 rings (SSSR count). The number of imidazole rings is 1. The fraction of sp³-hybridized carbons (Fsp3) is 0.333. The lowest BCUT2D eigenvalue weighted by Gasteiger charge is -2.30. The van der Waals surface area contributed by atoms with Crippen molar-refractivity contribution in [2.45, 2.75) is 26.3 Å². The van der Waals surface area contributed by atoms with Gasteiger partial charge in [0.1, 0.15) is 4.83 Å². The van der Waals surface area contributed by atoms with E-state index in [1.807, 2.05) is 28.1 Å². The van der Waals surface area contributed by atoms with E-state index in [4.69, 9.17) is 0 Å². The fourth-order valence-corrected chi connectivity index (χ4v) is 5.33. The molecule has 7 heteroatoms. The Morgan fingerprint density at radius 3 is 2.79 bits per heavy atom. The summed E-state index contributed by atoms with van der Waals surface area (Å²) in [6.07, 6.45) is 2.92. The number of hydrogen-bond acceptors (Lipinski definition) is 5. The molecule has 0 saturated carbocycles. The normalized spacial score (nSPS) is 12.8. The first kappa shape index (κ1) is 19.1. The predicted octanol–water partition coefficient (Wildman–Crippen LogP) is 4.29. The van der Waals surface area contributed by atoms with Crippen molar-refractivity contribution in [2.75, 3.05) is 19.6 Å². The lowest BCUT2D eigenvalue weighted by atomic mass is 10.0. The van der Waals surface area contributed by atoms with Gasteiger partial charge >= 0.3 is 0 Å². The van der Waals surface area contributed by atoms with E-state index in [2.05, 4.69) is 53.3 Å². The van der Waals surface area contributed by atoms with Crippen LogP contribution < -0.4 is 5.32 Å². The number of nitrogens with one attached hydrogen (secondary N) is 1. The van der Waals surface area contributed by atoms with Gasteiger partial charge < -0.3 is 5.32 Å². The van der Waals surface area contributed by atoms with Crippen molar-refractivity contribution in [3.05, 3.63) is 58.4 Å². The Hall–Kier alpha value is -2.22. The maximum absolute atomic E-state index is 12.8. The summed E-state index contributed by atoms with van der Waals surface area (Å²) in [6, 6.07) is 12.7. The first-order valence-corrected chi connectivity index (χ1v) is 11.3. The van der Waals surface area contributed by atoms with E-state index < -0.39 is 0 Å². The standard InChI is InChI=1S/C21H24N4OS2/c1-3-24(4-2)16(12-15-8-6-5-7-9-15)14-22-19(26)18-13-17-20(28-18)23-21-25(17)10-11-27-21/h5-11,13,16H,3-4,12,14H2,1-2H3,(H,22,26). The van der Waals surface area contributed by atoms with Crippen LogP contribution >= 0.6 is 22.7 Å². The number of thiophene rings is 1. The Kier molecular flexibility index (Phi) is 5.75. The zero-order chi connectivity index (χ0) is 19.5. The van der Waals surface area contributed by atoms with Gasteiger partial charge in [-0.15, -0.1) is 22.7 Å². The van der Waals surface area contributed by atoms with Crippen molar-refractivity contribution in [2.24, 2.45) is 0 Å². The summed E-state index contributed by atoms with van der Waals surface area (Å²) in [5.74, 6) is -0.0165. The number of carbonyl (C=O) groups is 1. The van der Waals surface area contributed by atoms with Crippen LogP contribution in [0.4, 0.5) is 0 Å². The molecule has 0 spiro atoms. The molecule has 5 nitrogen and oxygen atoms in total. The molecule has 1 atom stereocenters. The number of thiazole rings is 1. The number of amides is 1. The Bertz CT molecular complexity index is 1060. The van der Waals surface area contributed by atoms with Gasteiger partial charge in [-0.2, -0.15) is 0 Å². The minimum absolute atomic E-state index is 0.0165. The molecule has 0 aliphatic heterocycles. The maximum Gasteiger partial charge on any atom is 0.261 e. The number of rotatable bonds is 8. The SMILES string of the molecule is CCN(CC)C(CNC(=O)c1cc2c(nc3sccn32)s1)Cc1ccccc1. The van der Waals surface area contributed by atoms with Crippen LogP contribution in [0.1, 0.15) is 29.1 Å². The summed E-state index contributed by atoms with van der Waals surface area (Å²) in [5, 5.41) is 5.17. The highest BCUT2D eigenvalue weighted by Crippen LogP contribution is 2.28. The average molecular weight is 413 g/mol. The first-order valence-electron chi connectivity index (χ1n) is 9.60. The minimum atomic E-state index is -0.0165. The third-order valence-corrected chi connectivity index (χ3v) is 6.88. The number of nitrogens with zero attached hydrogens (tertiary/aromatic N) is 3. The first-order chi connectivity index (χ1) is 13.7. The third-order valence-electron chi connectivity index (χ3n) is 5.10. The highest BCUT2D eigenvalue weighted by Gasteiger charge is 2.19. The van der Waals surface area contributed by atoms with E-state index >= 15 is 0 Å². The largest absolute Gasteiger partial charge is 0.350 e. The zero-order valence-corrected chi connectivity index (χ0v) is 17.7. The van der Waals surface area contributed by atoms with Crippen LogP contribution in [0.2, 0.25) is 0 Å². The zero-order valence-electron chi connectivity index (χ0n) is 16.1. The van der Waals surface area contributed by atoms with Gasteiger partial charge in [0.2, 0.25) is 0 Å². The molecule has 0 aliphatic carbocycles. The molecular formula is C21H24N4OS2. The van der Waals surface area contributed by atoms with Crippen molar-refractivity contribution >= 4 is 43.9 Å². The summed E-state index contributed by atoms with van der Waals surface area (Å²) < 4.78 is 2.04. The molecule has 28 heavy (non-hydrogen) atoms. The Morgan fingerprint density at radius 1 is 1.25 bits per heavy atom. The predicted molar refractivity (Wildman–Crippen MR) is 118 cm³/mol. The topological polar surface area (TPSA) is 49.6 Å². The van der Waals surface area contributed by atoms with E-state index in [9.17, 15) is 4.79 Å². The minimum Gasteiger partial charge on any atom is -0.350 e. The second-order valence-corrected chi connectivity index (χ2v) is 8.65. The molecule has 1 amide bonds. The monoisotopic (exact) mass is 412 g/mol. The number of aromatic nitrogens is 2. The molecule has 3 aromatic heterocycles. The van der Waals surface area contributed by atoms with Gasteiger partial charge in [-0.05, 0) is 31.1 Å². The highest BCUT2D eigenvalue weighted by atomic mass is 32.1. The molecule has 1 aromatic carbocycles. The van der Waals surface area contributed by atoms with Crippen LogP contribution in [0.25, 0.3) is 15.3 Å². The summed E-state index contributed by atoms with van der Waals surface area (Å²) in [6.45, 7) is 6.90. The molecule has 0 saturated heterocycles. The van der Waals surface area contributed by atoms with E-state index in [0.717, 1.165) is 39.7 Å². The lowest BCUT2D eigenvalue weighted by molar-refractivity contribution is 0.0938. The Balaban J connectivity index is 1.47. The van der Waals surface area contributed by atoms with Gasteiger partial charge in [-0.3, -0.25) is 14.1 Å². The van der Waals surface area contributed by atoms with Crippen molar-refractivity contribution in [3.8, 4) is 0 Å². The number of hydrogen-bond donors (Lipinski definition) is 1. The molecule has 1 unspecified atom stereocenters. The van der Waals surface area contributed by atoms with E-state index in [0.29, 0.717) is 6.54 Å². The van der Waals surface area contributed by atoms with Crippen LogP contribution in [0.5, 0.6) is 0 Å². The summed E-state index contributed by atoms with van der Waals surface area (Å²) >= 11 is 3.07. The molecule has 1 N–H and O–H groups in total. The number of benzene rings is 1. The summed E-state index contributed by atoms with van der Waals surface area (Å²) in [7, 11) is 0. The average Bonchev–Trinajstić information content (AvgIpc) is 3.39. The quantitative estimate of drug-likeness (QED) is 0.470. The molecule has 146 valence electrons. The smallest absolute Gasteiger partial charge is 0.261 e. The van der Waals surface area contributed by atoms with Crippen LogP contribution in [-0.4, -0.2) is 45.9 Å². The maximum atomic E-state index is 12.8. The van der Waals surface area contributed by atoms with Crippen molar-refractivity contribution in [3.63, 3.8) is 0 Å². The van der Waals surface area contributed by atoms with Crippen LogP contribution in [0.3, 0.4) is 0 Å². The molecule has 0 radical (unpaired) electrons. The second-order valence-electron chi connectivity index (χ2n) is 6.74. The molecule has 3 heterocycles. The fourth-order valence-electron chi connectivity index (χ4n) is 3.61. The Morgan fingerprint density at radius 2 is 2.04 bits per heavy atom. The van der Waals surface area contributed by atoms with Crippen LogP contribution in [0.15, 0.2) is 48.0 Å². The van der Waals surface area contributed by atoms with Gasteiger partial charge in [-0.1, -0.05) is 44.2 Å². The number of fused-ring (bicyclic) bond motifs is 3.